The molecule has 1 N–H and O–H groups in total. The van der Waals surface area contributed by atoms with Crippen molar-refractivity contribution in [1.29, 1.82) is 0 Å². The minimum absolute atomic E-state index is 0.0968. The highest BCUT2D eigenvalue weighted by Crippen LogP contribution is 2.31. The molecule has 1 aromatic heterocycles. The number of hydrogen-bond acceptors (Lipinski definition) is 4. The number of halogens is 3. The minimum atomic E-state index is -4.52. The second kappa shape index (κ2) is 6.80. The Morgan fingerprint density at radius 3 is 2.54 bits per heavy atom. The molecule has 0 saturated heterocycles. The van der Waals surface area contributed by atoms with E-state index in [0.29, 0.717) is 10.6 Å². The predicted molar refractivity (Wildman–Crippen MR) is 92.6 cm³/mol. The molecule has 8 heteroatoms. The summed E-state index contributed by atoms with van der Waals surface area (Å²) in [6, 6.07) is 10.8. The number of fused-ring (bicyclic) bond motifs is 1. The highest BCUT2D eigenvalue weighted by atomic mass is 32.1. The molecular weight excluding hydrogens is 367 g/mol. The lowest BCUT2D eigenvalue weighted by Gasteiger charge is -2.09. The summed E-state index contributed by atoms with van der Waals surface area (Å²) in [7, 11) is 1.29. The van der Waals surface area contributed by atoms with E-state index in [1.807, 2.05) is 0 Å². The molecule has 3 rings (SSSR count). The minimum Gasteiger partial charge on any atom is -0.465 e. The first kappa shape index (κ1) is 17.9. The van der Waals surface area contributed by atoms with Crippen LogP contribution in [0.5, 0.6) is 0 Å². The largest absolute Gasteiger partial charge is 0.465 e. The fourth-order valence-electron chi connectivity index (χ4n) is 2.36. The predicted octanol–water partition coefficient (Wildman–Crippen LogP) is 4.96. The zero-order chi connectivity index (χ0) is 18.9. The molecule has 0 atom stereocenters. The molecule has 2 aromatic carbocycles. The second-order valence-electron chi connectivity index (χ2n) is 5.39. The SMILES string of the molecule is COC(=O)c1cc2cc(NC(=O)c3cccc(C(F)(F)F)c3)ccc2s1. The van der Waals surface area contributed by atoms with Gasteiger partial charge in [-0.3, -0.25) is 4.79 Å². The van der Waals surface area contributed by atoms with Crippen LogP contribution in [0.2, 0.25) is 0 Å². The van der Waals surface area contributed by atoms with Gasteiger partial charge in [0.1, 0.15) is 4.88 Å². The number of carbonyl (C=O) groups is 2. The summed E-state index contributed by atoms with van der Waals surface area (Å²) >= 11 is 1.25. The van der Waals surface area contributed by atoms with Gasteiger partial charge in [-0.1, -0.05) is 6.07 Å². The molecule has 0 fully saturated rings. The maximum Gasteiger partial charge on any atom is 0.416 e. The average molecular weight is 379 g/mol. The van der Waals surface area contributed by atoms with E-state index >= 15 is 0 Å². The maximum absolute atomic E-state index is 12.8. The zero-order valence-electron chi connectivity index (χ0n) is 13.4. The summed E-state index contributed by atoms with van der Waals surface area (Å²) in [6.45, 7) is 0. The molecule has 0 radical (unpaired) electrons. The third-order valence-corrected chi connectivity index (χ3v) is 4.71. The Hall–Kier alpha value is -2.87. The normalized spacial score (nSPS) is 11.4. The van der Waals surface area contributed by atoms with E-state index < -0.39 is 23.6 Å². The summed E-state index contributed by atoms with van der Waals surface area (Å²) in [6.07, 6.45) is -4.52. The van der Waals surface area contributed by atoms with Crippen molar-refractivity contribution in [2.24, 2.45) is 0 Å². The Balaban J connectivity index is 1.84. The van der Waals surface area contributed by atoms with Gasteiger partial charge in [0.2, 0.25) is 0 Å². The van der Waals surface area contributed by atoms with E-state index in [2.05, 4.69) is 10.1 Å². The molecule has 3 aromatic rings. The molecule has 0 spiro atoms. The fourth-order valence-corrected chi connectivity index (χ4v) is 3.32. The van der Waals surface area contributed by atoms with Gasteiger partial charge in [-0.15, -0.1) is 11.3 Å². The van der Waals surface area contributed by atoms with Gasteiger partial charge in [-0.05, 0) is 47.9 Å². The number of carbonyl (C=O) groups excluding carboxylic acids is 2. The summed E-state index contributed by atoms with van der Waals surface area (Å²) in [4.78, 5) is 24.2. The van der Waals surface area contributed by atoms with Crippen molar-refractivity contribution in [1.82, 2.24) is 0 Å². The van der Waals surface area contributed by atoms with Crippen LogP contribution in [0.4, 0.5) is 18.9 Å². The van der Waals surface area contributed by atoms with Crippen LogP contribution in [-0.2, 0) is 10.9 Å². The van der Waals surface area contributed by atoms with E-state index in [0.717, 1.165) is 22.2 Å². The molecule has 1 heterocycles. The van der Waals surface area contributed by atoms with E-state index in [1.54, 1.807) is 24.3 Å². The van der Waals surface area contributed by atoms with Gasteiger partial charge in [0.15, 0.2) is 0 Å². The van der Waals surface area contributed by atoms with Crippen molar-refractivity contribution < 1.29 is 27.5 Å². The Labute approximate surface area is 150 Å². The van der Waals surface area contributed by atoms with Crippen LogP contribution in [0.15, 0.2) is 48.5 Å². The van der Waals surface area contributed by atoms with Gasteiger partial charge >= 0.3 is 12.1 Å². The van der Waals surface area contributed by atoms with E-state index in [-0.39, 0.29) is 5.56 Å². The van der Waals surface area contributed by atoms with Gasteiger partial charge in [-0.2, -0.15) is 13.2 Å². The quantitative estimate of drug-likeness (QED) is 0.655. The summed E-state index contributed by atoms with van der Waals surface area (Å²) in [5, 5.41) is 3.28. The Morgan fingerprint density at radius 2 is 1.85 bits per heavy atom. The molecule has 134 valence electrons. The zero-order valence-corrected chi connectivity index (χ0v) is 14.2. The Morgan fingerprint density at radius 1 is 1.08 bits per heavy atom. The van der Waals surface area contributed by atoms with Crippen molar-refractivity contribution in [3.8, 4) is 0 Å². The van der Waals surface area contributed by atoms with Crippen LogP contribution in [0, 0.1) is 0 Å². The van der Waals surface area contributed by atoms with Crippen LogP contribution in [0.25, 0.3) is 10.1 Å². The van der Waals surface area contributed by atoms with Crippen LogP contribution in [0.1, 0.15) is 25.6 Å². The molecule has 4 nitrogen and oxygen atoms in total. The lowest BCUT2D eigenvalue weighted by atomic mass is 10.1. The molecular formula is C18H12F3NO3S. The number of alkyl halides is 3. The van der Waals surface area contributed by atoms with Gasteiger partial charge in [0.05, 0.1) is 12.7 Å². The van der Waals surface area contributed by atoms with Crippen LogP contribution < -0.4 is 5.32 Å². The van der Waals surface area contributed by atoms with Crippen molar-refractivity contribution >= 4 is 39.0 Å². The number of benzene rings is 2. The third-order valence-electron chi connectivity index (χ3n) is 3.61. The highest BCUT2D eigenvalue weighted by Gasteiger charge is 2.30. The van der Waals surface area contributed by atoms with Crippen LogP contribution >= 0.6 is 11.3 Å². The van der Waals surface area contributed by atoms with Gasteiger partial charge in [0.25, 0.3) is 5.91 Å². The topological polar surface area (TPSA) is 55.4 Å². The first-order valence-electron chi connectivity index (χ1n) is 7.38. The summed E-state index contributed by atoms with van der Waals surface area (Å²) in [5.41, 5.74) is -0.573. The number of ether oxygens (including phenoxy) is 1. The standard InChI is InChI=1S/C18H12F3NO3S/c1-25-17(24)15-9-11-8-13(5-6-14(11)26-15)22-16(23)10-3-2-4-12(7-10)18(19,20)21/h2-9H,1H3,(H,22,23). The molecule has 26 heavy (non-hydrogen) atoms. The molecule has 0 aliphatic rings. The fraction of sp³-hybridized carbons (Fsp3) is 0.111. The van der Waals surface area contributed by atoms with E-state index in [9.17, 15) is 22.8 Å². The van der Waals surface area contributed by atoms with Crippen LogP contribution in [-0.4, -0.2) is 19.0 Å². The third kappa shape index (κ3) is 3.70. The molecule has 0 aliphatic carbocycles. The Kier molecular flexibility index (Phi) is 4.69. The number of methoxy groups -OCH3 is 1. The van der Waals surface area contributed by atoms with Gasteiger partial charge < -0.3 is 10.1 Å². The number of amides is 1. The molecule has 1 amide bonds. The maximum atomic E-state index is 12.8. The number of anilines is 1. The van der Waals surface area contributed by atoms with E-state index in [1.165, 1.54) is 30.6 Å². The molecule has 0 saturated carbocycles. The molecule has 0 aliphatic heterocycles. The van der Waals surface area contributed by atoms with E-state index in [4.69, 9.17) is 0 Å². The number of rotatable bonds is 3. The van der Waals surface area contributed by atoms with Crippen molar-refractivity contribution in [2.75, 3.05) is 12.4 Å². The molecule has 0 unspecified atom stereocenters. The van der Waals surface area contributed by atoms with Crippen molar-refractivity contribution in [3.63, 3.8) is 0 Å². The lowest BCUT2D eigenvalue weighted by molar-refractivity contribution is -0.137. The molecule has 0 bridgehead atoms. The number of thiophene rings is 1. The first-order valence-corrected chi connectivity index (χ1v) is 8.20. The Bertz CT molecular complexity index is 995. The smallest absolute Gasteiger partial charge is 0.416 e. The lowest BCUT2D eigenvalue weighted by Crippen LogP contribution is -2.13. The highest BCUT2D eigenvalue weighted by molar-refractivity contribution is 7.20. The van der Waals surface area contributed by atoms with Crippen molar-refractivity contribution in [2.45, 2.75) is 6.18 Å². The second-order valence-corrected chi connectivity index (χ2v) is 6.47. The van der Waals surface area contributed by atoms with Crippen LogP contribution in [0.3, 0.4) is 0 Å². The first-order chi connectivity index (χ1) is 12.3. The van der Waals surface area contributed by atoms with Gasteiger partial charge in [-0.25, -0.2) is 4.79 Å². The van der Waals surface area contributed by atoms with Gasteiger partial charge in [0, 0.05) is 16.0 Å². The number of esters is 1. The average Bonchev–Trinajstić information content (AvgIpc) is 3.03. The number of hydrogen-bond donors (Lipinski definition) is 1. The monoisotopic (exact) mass is 379 g/mol. The summed E-state index contributed by atoms with van der Waals surface area (Å²) < 4.78 is 43.8. The summed E-state index contributed by atoms with van der Waals surface area (Å²) in [5.74, 6) is -1.11. The van der Waals surface area contributed by atoms with Crippen molar-refractivity contribution in [3.05, 3.63) is 64.5 Å². The number of nitrogens with one attached hydrogen (secondary N) is 1.